The van der Waals surface area contributed by atoms with Crippen LogP contribution >= 0.6 is 11.8 Å². The number of hydrogen-bond acceptors (Lipinski definition) is 12. The summed E-state index contributed by atoms with van der Waals surface area (Å²) in [6.45, 7) is 11.2. The topological polar surface area (TPSA) is 141 Å². The minimum Gasteiger partial charge on any atom is -0.492 e. The number of likely N-dealkylation sites (N-methyl/N-ethyl adjacent to an activating group) is 1. The fourth-order valence-corrected chi connectivity index (χ4v) is 6.00. The quantitative estimate of drug-likeness (QED) is 0.143. The number of thioether (sulfide) groups is 1. The van der Waals surface area contributed by atoms with Gasteiger partial charge in [0.1, 0.15) is 17.9 Å². The van der Waals surface area contributed by atoms with Gasteiger partial charge in [-0.15, -0.1) is 11.8 Å². The van der Waals surface area contributed by atoms with E-state index in [0.29, 0.717) is 51.7 Å². The van der Waals surface area contributed by atoms with Crippen LogP contribution in [0.15, 0.2) is 24.3 Å². The summed E-state index contributed by atoms with van der Waals surface area (Å²) < 4.78 is 22.4. The van der Waals surface area contributed by atoms with Gasteiger partial charge in [-0.2, -0.15) is 5.53 Å². The summed E-state index contributed by atoms with van der Waals surface area (Å²) in [5.41, 5.74) is 6.81. The van der Waals surface area contributed by atoms with E-state index < -0.39 is 0 Å². The van der Waals surface area contributed by atoms with Gasteiger partial charge in [-0.25, -0.2) is 15.2 Å². The molecule has 3 amide bonds. The number of nitrogens with zero attached hydrogens (tertiary/aromatic N) is 3. The van der Waals surface area contributed by atoms with Crippen LogP contribution in [0.2, 0.25) is 0 Å². The molecule has 3 aliphatic heterocycles. The molecule has 0 saturated carbocycles. The van der Waals surface area contributed by atoms with Crippen molar-refractivity contribution in [2.24, 2.45) is 0 Å². The molecule has 3 aliphatic rings. The van der Waals surface area contributed by atoms with Crippen LogP contribution in [0.5, 0.6) is 5.75 Å². The fraction of sp³-hybridized carbons (Fsp3) is 0.724. The number of anilines is 1. The van der Waals surface area contributed by atoms with Gasteiger partial charge in [-0.3, -0.25) is 10.1 Å². The van der Waals surface area contributed by atoms with Crippen LogP contribution < -0.4 is 31.6 Å². The normalized spacial score (nSPS) is 22.8. The predicted octanol–water partition coefficient (Wildman–Crippen LogP) is 0.493. The third-order valence-corrected chi connectivity index (χ3v) is 8.60. The molecule has 5 N–H and O–H groups in total. The molecule has 248 valence electrons. The highest BCUT2D eigenvalue weighted by Crippen LogP contribution is 2.20. The molecule has 1 aromatic carbocycles. The van der Waals surface area contributed by atoms with Gasteiger partial charge in [0.05, 0.1) is 39.1 Å². The number of carbonyl (C=O) groups is 2. The Hall–Kier alpha value is -2.21. The molecule has 0 spiro atoms. The number of amides is 3. The number of carbonyl (C=O) groups excluding carboxylic acids is 2. The Kier molecular flexibility index (Phi) is 15.2. The molecular formula is C29H50N8O6S. The number of hydrogen-bond donors (Lipinski definition) is 5. The number of ether oxygens (including phenoxy) is 4. The van der Waals surface area contributed by atoms with E-state index in [-0.39, 0.29) is 29.5 Å². The fourth-order valence-electron chi connectivity index (χ4n) is 4.88. The van der Waals surface area contributed by atoms with Gasteiger partial charge in [-0.05, 0) is 37.7 Å². The van der Waals surface area contributed by atoms with Crippen LogP contribution in [0.25, 0.3) is 0 Å². The lowest BCUT2D eigenvalue weighted by molar-refractivity contribution is -0.133. The van der Waals surface area contributed by atoms with E-state index in [4.69, 9.17) is 18.9 Å². The first kappa shape index (κ1) is 34.7. The Labute approximate surface area is 265 Å². The Morgan fingerprint density at radius 1 is 0.955 bits per heavy atom. The van der Waals surface area contributed by atoms with Crippen LogP contribution in [0, 0.1) is 0 Å². The van der Waals surface area contributed by atoms with Crippen LogP contribution in [-0.2, 0) is 19.0 Å². The third-order valence-electron chi connectivity index (χ3n) is 7.42. The van der Waals surface area contributed by atoms with Crippen molar-refractivity contribution in [2.75, 3.05) is 104 Å². The molecule has 4 rings (SSSR count). The van der Waals surface area contributed by atoms with Crippen molar-refractivity contribution >= 4 is 29.4 Å². The molecule has 1 aromatic rings. The van der Waals surface area contributed by atoms with Crippen molar-refractivity contribution in [1.29, 1.82) is 0 Å². The van der Waals surface area contributed by atoms with E-state index in [0.717, 1.165) is 63.8 Å². The lowest BCUT2D eigenvalue weighted by Crippen LogP contribution is -2.49. The largest absolute Gasteiger partial charge is 0.492 e. The van der Waals surface area contributed by atoms with Crippen molar-refractivity contribution in [2.45, 2.75) is 37.3 Å². The van der Waals surface area contributed by atoms with Crippen molar-refractivity contribution < 1.29 is 28.5 Å². The summed E-state index contributed by atoms with van der Waals surface area (Å²) in [5, 5.41) is 11.2. The van der Waals surface area contributed by atoms with Crippen molar-refractivity contribution in [3.8, 4) is 5.75 Å². The molecule has 0 bridgehead atoms. The summed E-state index contributed by atoms with van der Waals surface area (Å²) in [6, 6.07) is 7.17. The standard InChI is InChI=1S/C29H50N8O6S/c1-3-13-40-15-17-42-18-16-41-14-12-37-20-25(33-34-37)21-43-26-6-4-23(5-7-26)30-28(39)32-29-31-24(22-44-29)19-27(38)36-10-8-35(2)9-11-36/h4-7,24-25,29,31,33-34H,3,8-22H2,1-2H3,(H2,30,32,39). The average Bonchev–Trinajstić information content (AvgIpc) is 3.67. The van der Waals surface area contributed by atoms with Crippen LogP contribution in [-0.4, -0.2) is 143 Å². The number of benzene rings is 1. The monoisotopic (exact) mass is 638 g/mol. The second-order valence-corrected chi connectivity index (χ2v) is 12.3. The van der Waals surface area contributed by atoms with Crippen molar-refractivity contribution in [3.63, 3.8) is 0 Å². The highest BCUT2D eigenvalue weighted by Gasteiger charge is 2.29. The zero-order valence-electron chi connectivity index (χ0n) is 26.1. The highest BCUT2D eigenvalue weighted by molar-refractivity contribution is 8.00. The Bertz CT molecular complexity index is 987. The molecule has 0 aliphatic carbocycles. The summed E-state index contributed by atoms with van der Waals surface area (Å²) >= 11 is 1.60. The molecule has 3 heterocycles. The molecule has 3 unspecified atom stereocenters. The lowest BCUT2D eigenvalue weighted by atomic mass is 10.2. The first-order valence-electron chi connectivity index (χ1n) is 15.6. The maximum absolute atomic E-state index is 12.6. The van der Waals surface area contributed by atoms with E-state index in [2.05, 4.69) is 50.8 Å². The van der Waals surface area contributed by atoms with Crippen molar-refractivity contribution in [1.82, 2.24) is 36.4 Å². The maximum atomic E-state index is 12.6. The van der Waals surface area contributed by atoms with Gasteiger partial charge in [0.15, 0.2) is 0 Å². The molecule has 15 heteroatoms. The molecule has 0 aromatic heterocycles. The lowest BCUT2D eigenvalue weighted by Gasteiger charge is -2.33. The van der Waals surface area contributed by atoms with Gasteiger partial charge >= 0.3 is 6.03 Å². The zero-order chi connectivity index (χ0) is 31.0. The molecule has 3 fully saturated rings. The Morgan fingerprint density at radius 2 is 1.66 bits per heavy atom. The molecule has 3 atom stereocenters. The summed E-state index contributed by atoms with van der Waals surface area (Å²) in [4.78, 5) is 29.3. The second kappa shape index (κ2) is 19.3. The summed E-state index contributed by atoms with van der Waals surface area (Å²) in [5.74, 6) is 1.67. The molecule has 44 heavy (non-hydrogen) atoms. The van der Waals surface area contributed by atoms with E-state index in [9.17, 15) is 9.59 Å². The highest BCUT2D eigenvalue weighted by atomic mass is 32.2. The van der Waals surface area contributed by atoms with Gasteiger partial charge < -0.3 is 39.4 Å². The first-order chi connectivity index (χ1) is 21.5. The SMILES string of the molecule is CCCOCCOCCOCCN1CC(COc2ccc(NC(=O)NC3NC(CC(=O)N4CCN(C)CC4)CS3)cc2)NN1. The van der Waals surface area contributed by atoms with Gasteiger partial charge in [-0.1, -0.05) is 6.92 Å². The van der Waals surface area contributed by atoms with Crippen molar-refractivity contribution in [3.05, 3.63) is 24.3 Å². The van der Waals surface area contributed by atoms with Gasteiger partial charge in [0.2, 0.25) is 5.91 Å². The number of nitrogens with one attached hydrogen (secondary N) is 5. The summed E-state index contributed by atoms with van der Waals surface area (Å²) in [6.07, 6.45) is 1.47. The average molecular weight is 639 g/mol. The molecule has 14 nitrogen and oxygen atoms in total. The Balaban J connectivity index is 1.02. The van der Waals surface area contributed by atoms with E-state index >= 15 is 0 Å². The summed E-state index contributed by atoms with van der Waals surface area (Å²) in [7, 11) is 2.08. The van der Waals surface area contributed by atoms with Crippen LogP contribution in [0.1, 0.15) is 19.8 Å². The number of hydrazine groups is 2. The maximum Gasteiger partial charge on any atom is 0.321 e. The third kappa shape index (κ3) is 12.7. The van der Waals surface area contributed by atoms with Crippen LogP contribution in [0.3, 0.4) is 0 Å². The first-order valence-corrected chi connectivity index (χ1v) is 16.7. The minimum absolute atomic E-state index is 0.0462. The molecule has 0 radical (unpaired) electrons. The van der Waals surface area contributed by atoms with E-state index in [1.54, 1.807) is 11.8 Å². The van der Waals surface area contributed by atoms with Gasteiger partial charge in [0, 0.05) is 69.8 Å². The number of piperazine rings is 1. The Morgan fingerprint density at radius 3 is 2.39 bits per heavy atom. The molecule has 3 saturated heterocycles. The molecular weight excluding hydrogens is 588 g/mol. The zero-order valence-corrected chi connectivity index (χ0v) is 26.9. The number of urea groups is 1. The number of rotatable bonds is 18. The smallest absolute Gasteiger partial charge is 0.321 e. The van der Waals surface area contributed by atoms with E-state index in [1.165, 1.54) is 0 Å². The van der Waals surface area contributed by atoms with E-state index in [1.807, 2.05) is 29.2 Å². The minimum atomic E-state index is -0.301. The second-order valence-electron chi connectivity index (χ2n) is 11.1. The van der Waals surface area contributed by atoms with Gasteiger partial charge in [0.25, 0.3) is 0 Å². The van der Waals surface area contributed by atoms with Crippen LogP contribution in [0.4, 0.5) is 10.5 Å². The predicted molar refractivity (Wildman–Crippen MR) is 170 cm³/mol.